The Balaban J connectivity index is 1.75. The second-order valence-corrected chi connectivity index (χ2v) is 5.54. The first-order valence-corrected chi connectivity index (χ1v) is 7.50. The van der Waals surface area contributed by atoms with Crippen LogP contribution in [0.1, 0.15) is 11.1 Å². The predicted molar refractivity (Wildman–Crippen MR) is 85.8 cm³/mol. The van der Waals surface area contributed by atoms with Crippen molar-refractivity contribution in [2.75, 3.05) is 0 Å². The van der Waals surface area contributed by atoms with Crippen LogP contribution in [0.3, 0.4) is 0 Å². The van der Waals surface area contributed by atoms with Crippen molar-refractivity contribution in [1.82, 2.24) is 4.98 Å². The lowest BCUT2D eigenvalue weighted by Gasteiger charge is -2.07. The van der Waals surface area contributed by atoms with Gasteiger partial charge in [0.15, 0.2) is 5.58 Å². The molecule has 26 heavy (non-hydrogen) atoms. The Kier molecular flexibility index (Phi) is 3.68. The third-order valence-electron chi connectivity index (χ3n) is 3.86. The van der Waals surface area contributed by atoms with Gasteiger partial charge in [0.1, 0.15) is 35.2 Å². The van der Waals surface area contributed by atoms with Gasteiger partial charge in [-0.05, 0) is 29.8 Å². The standard InChI is InChI=1S/C18H10F3NO4/c19-18(20,21)13-9-25-16-12-2-1-11(7-14(12)26-17(23)15(13)16)24-8-10-3-5-22-6-4-10/h1-7,9H,8H2. The molecule has 0 unspecified atom stereocenters. The smallest absolute Gasteiger partial charge is 0.420 e. The summed E-state index contributed by atoms with van der Waals surface area (Å²) in [6.07, 6.45) is -0.927. The number of nitrogens with zero attached hydrogens (tertiary/aromatic N) is 1. The maximum Gasteiger partial charge on any atom is 0.420 e. The number of pyridine rings is 1. The molecule has 4 rings (SSSR count). The molecule has 0 aliphatic carbocycles. The summed E-state index contributed by atoms with van der Waals surface area (Å²) in [4.78, 5) is 15.9. The van der Waals surface area contributed by atoms with Gasteiger partial charge in [0.2, 0.25) is 0 Å². The van der Waals surface area contributed by atoms with Crippen molar-refractivity contribution in [2.24, 2.45) is 0 Å². The highest BCUT2D eigenvalue weighted by Crippen LogP contribution is 2.37. The zero-order valence-electron chi connectivity index (χ0n) is 13.0. The van der Waals surface area contributed by atoms with Crippen molar-refractivity contribution in [3.8, 4) is 5.75 Å². The van der Waals surface area contributed by atoms with Gasteiger partial charge in [0, 0.05) is 18.5 Å². The van der Waals surface area contributed by atoms with Crippen LogP contribution in [0, 0.1) is 0 Å². The molecular formula is C18H10F3NO4. The summed E-state index contributed by atoms with van der Waals surface area (Å²) in [6, 6.07) is 8.07. The number of alkyl halides is 3. The van der Waals surface area contributed by atoms with Crippen LogP contribution in [-0.2, 0) is 12.8 Å². The van der Waals surface area contributed by atoms with Crippen molar-refractivity contribution in [3.63, 3.8) is 0 Å². The zero-order valence-corrected chi connectivity index (χ0v) is 13.0. The van der Waals surface area contributed by atoms with Gasteiger partial charge >= 0.3 is 11.8 Å². The minimum atomic E-state index is -4.71. The van der Waals surface area contributed by atoms with Crippen molar-refractivity contribution in [1.29, 1.82) is 0 Å². The molecule has 0 saturated heterocycles. The fourth-order valence-corrected chi connectivity index (χ4v) is 2.63. The Morgan fingerprint density at radius 3 is 2.62 bits per heavy atom. The van der Waals surface area contributed by atoms with Crippen molar-refractivity contribution in [3.05, 3.63) is 70.5 Å². The first-order chi connectivity index (χ1) is 12.4. The van der Waals surface area contributed by atoms with Gasteiger partial charge in [-0.2, -0.15) is 13.2 Å². The number of hydrogen-bond donors (Lipinski definition) is 0. The Morgan fingerprint density at radius 1 is 1.12 bits per heavy atom. The van der Waals surface area contributed by atoms with E-state index in [-0.39, 0.29) is 23.2 Å². The minimum Gasteiger partial charge on any atom is -0.489 e. The number of rotatable bonds is 3. The molecular weight excluding hydrogens is 351 g/mol. The van der Waals surface area contributed by atoms with Gasteiger partial charge in [-0.1, -0.05) is 0 Å². The van der Waals surface area contributed by atoms with Crippen LogP contribution in [0.25, 0.3) is 21.9 Å². The lowest BCUT2D eigenvalue weighted by Crippen LogP contribution is -2.09. The van der Waals surface area contributed by atoms with Gasteiger partial charge in [-0.15, -0.1) is 0 Å². The average Bonchev–Trinajstić information content (AvgIpc) is 3.07. The van der Waals surface area contributed by atoms with Crippen LogP contribution in [0.2, 0.25) is 0 Å². The van der Waals surface area contributed by atoms with E-state index in [0.29, 0.717) is 12.0 Å². The quantitative estimate of drug-likeness (QED) is 0.502. The maximum absolute atomic E-state index is 13.0. The molecule has 3 heterocycles. The number of fused-ring (bicyclic) bond motifs is 3. The van der Waals surface area contributed by atoms with E-state index in [9.17, 15) is 18.0 Å². The van der Waals surface area contributed by atoms with Crippen molar-refractivity contribution >= 4 is 21.9 Å². The summed E-state index contributed by atoms with van der Waals surface area (Å²) in [7, 11) is 0. The fourth-order valence-electron chi connectivity index (χ4n) is 2.63. The molecule has 4 aromatic rings. The molecule has 132 valence electrons. The Labute approximate surface area is 143 Å². The summed E-state index contributed by atoms with van der Waals surface area (Å²) in [6.45, 7) is 0.263. The van der Waals surface area contributed by atoms with E-state index in [1.807, 2.05) is 0 Å². The average molecular weight is 361 g/mol. The van der Waals surface area contributed by atoms with E-state index in [0.717, 1.165) is 5.56 Å². The lowest BCUT2D eigenvalue weighted by molar-refractivity contribution is -0.136. The molecule has 5 nitrogen and oxygen atoms in total. The number of benzene rings is 1. The Morgan fingerprint density at radius 2 is 1.88 bits per heavy atom. The zero-order chi connectivity index (χ0) is 18.3. The molecule has 0 spiro atoms. The number of halogens is 3. The third kappa shape index (κ3) is 2.79. The topological polar surface area (TPSA) is 65.5 Å². The van der Waals surface area contributed by atoms with E-state index in [1.54, 1.807) is 30.6 Å². The summed E-state index contributed by atoms with van der Waals surface area (Å²) in [5.74, 6) is 0.402. The van der Waals surface area contributed by atoms with E-state index >= 15 is 0 Å². The van der Waals surface area contributed by atoms with Crippen LogP contribution in [0.15, 0.2) is 62.6 Å². The maximum atomic E-state index is 13.0. The lowest BCUT2D eigenvalue weighted by atomic mass is 10.1. The van der Waals surface area contributed by atoms with Crippen molar-refractivity contribution in [2.45, 2.75) is 12.8 Å². The van der Waals surface area contributed by atoms with Crippen molar-refractivity contribution < 1.29 is 26.7 Å². The van der Waals surface area contributed by atoms with Gasteiger partial charge in [-0.25, -0.2) is 4.79 Å². The van der Waals surface area contributed by atoms with Crippen LogP contribution < -0.4 is 10.4 Å². The summed E-state index contributed by atoms with van der Waals surface area (Å²) in [5, 5.41) is -0.359. The number of aromatic nitrogens is 1. The van der Waals surface area contributed by atoms with E-state index in [1.165, 1.54) is 12.1 Å². The highest BCUT2D eigenvalue weighted by Gasteiger charge is 2.36. The van der Waals surface area contributed by atoms with Crippen LogP contribution >= 0.6 is 0 Å². The molecule has 3 aromatic heterocycles. The molecule has 0 aliphatic heterocycles. The van der Waals surface area contributed by atoms with Gasteiger partial charge in [0.25, 0.3) is 0 Å². The third-order valence-corrected chi connectivity index (χ3v) is 3.86. The number of ether oxygens (including phenoxy) is 1. The minimum absolute atomic E-state index is 0.0813. The van der Waals surface area contributed by atoms with E-state index < -0.39 is 22.8 Å². The first-order valence-electron chi connectivity index (χ1n) is 7.50. The monoisotopic (exact) mass is 361 g/mol. The van der Waals surface area contributed by atoms with Gasteiger partial charge in [-0.3, -0.25) is 4.98 Å². The Hall–Kier alpha value is -3.29. The summed E-state index contributed by atoms with van der Waals surface area (Å²) in [5.41, 5.74) is -1.46. The Bertz CT molecular complexity index is 1150. The summed E-state index contributed by atoms with van der Waals surface area (Å²) >= 11 is 0. The van der Waals surface area contributed by atoms with E-state index in [4.69, 9.17) is 13.6 Å². The molecule has 0 bridgehead atoms. The second kappa shape index (κ2) is 5.91. The molecule has 0 fully saturated rings. The second-order valence-electron chi connectivity index (χ2n) is 5.54. The van der Waals surface area contributed by atoms with Crippen LogP contribution in [0.5, 0.6) is 5.75 Å². The fraction of sp³-hybridized carbons (Fsp3) is 0.111. The number of hydrogen-bond acceptors (Lipinski definition) is 5. The normalized spacial score (nSPS) is 12.0. The molecule has 0 aliphatic rings. The molecule has 0 N–H and O–H groups in total. The predicted octanol–water partition coefficient (Wildman–Crippen LogP) is 4.53. The molecule has 0 radical (unpaired) electrons. The first kappa shape index (κ1) is 16.2. The molecule has 0 amide bonds. The van der Waals surface area contributed by atoms with Gasteiger partial charge in [0.05, 0.1) is 5.39 Å². The highest BCUT2D eigenvalue weighted by molar-refractivity contribution is 6.02. The molecule has 1 aromatic carbocycles. The van der Waals surface area contributed by atoms with Crippen LogP contribution in [-0.4, -0.2) is 4.98 Å². The molecule has 8 heteroatoms. The molecule has 0 atom stereocenters. The SMILES string of the molecule is O=c1oc2cc(OCc3ccncc3)ccc2c2occ(C(F)(F)F)c12. The van der Waals surface area contributed by atoms with Crippen LogP contribution in [0.4, 0.5) is 13.2 Å². The van der Waals surface area contributed by atoms with E-state index in [2.05, 4.69) is 4.98 Å². The summed E-state index contributed by atoms with van der Waals surface area (Å²) < 4.78 is 54.7. The highest BCUT2D eigenvalue weighted by atomic mass is 19.4. The van der Waals surface area contributed by atoms with Gasteiger partial charge < -0.3 is 13.6 Å². The number of furan rings is 1. The largest absolute Gasteiger partial charge is 0.489 e. The molecule has 0 saturated carbocycles.